The van der Waals surface area contributed by atoms with E-state index in [4.69, 9.17) is 4.52 Å². The van der Waals surface area contributed by atoms with Crippen molar-refractivity contribution < 1.29 is 9.32 Å². The Morgan fingerprint density at radius 2 is 1.88 bits per heavy atom. The molecule has 2 aliphatic heterocycles. The van der Waals surface area contributed by atoms with E-state index < -0.39 is 0 Å². The van der Waals surface area contributed by atoms with Gasteiger partial charge in [-0.2, -0.15) is 4.98 Å². The van der Waals surface area contributed by atoms with Gasteiger partial charge in [0.1, 0.15) is 0 Å². The second kappa shape index (κ2) is 8.33. The first-order valence-corrected chi connectivity index (χ1v) is 11.3. The van der Waals surface area contributed by atoms with E-state index in [-0.39, 0.29) is 11.4 Å². The number of likely N-dealkylation sites (tertiary alicyclic amines) is 1. The van der Waals surface area contributed by atoms with Crippen LogP contribution in [0.15, 0.2) is 41.1 Å². The predicted molar refractivity (Wildman–Crippen MR) is 120 cm³/mol. The summed E-state index contributed by atoms with van der Waals surface area (Å²) in [6.45, 7) is 6.04. The van der Waals surface area contributed by atoms with Crippen LogP contribution in [0.3, 0.4) is 0 Å². The molecule has 4 heterocycles. The third kappa shape index (κ3) is 3.85. The fourth-order valence-corrected chi connectivity index (χ4v) is 5.03. The lowest BCUT2D eigenvalue weighted by molar-refractivity contribution is -0.144. The number of anilines is 1. The lowest BCUT2D eigenvalue weighted by atomic mass is 9.78. The number of amides is 1. The van der Waals surface area contributed by atoms with Gasteiger partial charge >= 0.3 is 0 Å². The van der Waals surface area contributed by atoms with E-state index >= 15 is 0 Å². The number of aryl methyl sites for hydroxylation is 2. The van der Waals surface area contributed by atoms with Crippen molar-refractivity contribution >= 4 is 11.9 Å². The summed E-state index contributed by atoms with van der Waals surface area (Å²) < 4.78 is 5.43. The van der Waals surface area contributed by atoms with E-state index in [1.807, 2.05) is 44.3 Å². The molecule has 5 rings (SSSR count). The van der Waals surface area contributed by atoms with E-state index in [2.05, 4.69) is 36.0 Å². The minimum Gasteiger partial charge on any atom is -0.341 e. The normalized spacial score (nSPS) is 18.4. The number of hydrogen-bond donors (Lipinski definition) is 0. The molecule has 0 bridgehead atoms. The molecule has 0 unspecified atom stereocenters. The minimum atomic E-state index is -0.131. The number of benzene rings is 1. The number of hydrogen-bond acceptors (Lipinski definition) is 7. The molecule has 2 fully saturated rings. The van der Waals surface area contributed by atoms with Gasteiger partial charge in [0, 0.05) is 49.0 Å². The first-order chi connectivity index (χ1) is 15.5. The number of nitrogens with zero attached hydrogens (tertiary/aromatic N) is 6. The third-order valence-electron chi connectivity index (χ3n) is 6.77. The number of carbonyl (C=O) groups excluding carboxylic acids is 1. The molecule has 3 aromatic rings. The number of aromatic nitrogens is 4. The number of carbonyl (C=O) groups is 1. The quantitative estimate of drug-likeness (QED) is 0.621. The lowest BCUT2D eigenvalue weighted by Crippen LogP contribution is -2.59. The molecule has 0 aliphatic carbocycles. The molecule has 32 heavy (non-hydrogen) atoms. The molecule has 1 spiro atoms. The van der Waals surface area contributed by atoms with Crippen LogP contribution in [0.2, 0.25) is 0 Å². The maximum absolute atomic E-state index is 13.2. The largest absolute Gasteiger partial charge is 0.341 e. The average Bonchev–Trinajstić information content (AvgIpc) is 3.23. The highest BCUT2D eigenvalue weighted by molar-refractivity contribution is 5.78. The van der Waals surface area contributed by atoms with Crippen molar-refractivity contribution in [3.8, 4) is 11.5 Å². The molecular formula is C24H28N6O2. The molecule has 2 aliphatic rings. The van der Waals surface area contributed by atoms with Crippen LogP contribution < -0.4 is 4.90 Å². The molecular weight excluding hydrogens is 404 g/mol. The van der Waals surface area contributed by atoms with Gasteiger partial charge in [-0.15, -0.1) is 0 Å². The Morgan fingerprint density at radius 1 is 1.06 bits per heavy atom. The monoisotopic (exact) mass is 432 g/mol. The molecule has 0 saturated carbocycles. The Hall–Kier alpha value is -3.29. The summed E-state index contributed by atoms with van der Waals surface area (Å²) in [5.74, 6) is 2.12. The topological polar surface area (TPSA) is 88.3 Å². The van der Waals surface area contributed by atoms with Gasteiger partial charge in [0.05, 0.1) is 0 Å². The highest BCUT2D eigenvalue weighted by Gasteiger charge is 2.44. The maximum atomic E-state index is 13.2. The Morgan fingerprint density at radius 3 is 2.62 bits per heavy atom. The molecule has 0 N–H and O–H groups in total. The van der Waals surface area contributed by atoms with Crippen LogP contribution in [0.5, 0.6) is 0 Å². The molecule has 1 amide bonds. The van der Waals surface area contributed by atoms with Gasteiger partial charge in [-0.3, -0.25) is 4.79 Å². The van der Waals surface area contributed by atoms with Crippen LogP contribution in [-0.2, 0) is 11.3 Å². The van der Waals surface area contributed by atoms with Crippen LogP contribution in [-0.4, -0.2) is 49.5 Å². The van der Waals surface area contributed by atoms with Gasteiger partial charge in [0.15, 0.2) is 5.82 Å². The van der Waals surface area contributed by atoms with Crippen molar-refractivity contribution in [1.82, 2.24) is 25.0 Å². The molecule has 1 aromatic carbocycles. The first kappa shape index (κ1) is 20.6. The second-order valence-corrected chi connectivity index (χ2v) is 8.85. The highest BCUT2D eigenvalue weighted by atomic mass is 16.5. The van der Waals surface area contributed by atoms with Crippen LogP contribution >= 0.6 is 0 Å². The van der Waals surface area contributed by atoms with Gasteiger partial charge in [-0.25, -0.2) is 9.97 Å². The highest BCUT2D eigenvalue weighted by Crippen LogP contribution is 2.40. The second-order valence-electron chi connectivity index (χ2n) is 8.85. The van der Waals surface area contributed by atoms with Crippen molar-refractivity contribution in [2.75, 3.05) is 18.0 Å². The van der Waals surface area contributed by atoms with E-state index in [9.17, 15) is 4.79 Å². The van der Waals surface area contributed by atoms with Gasteiger partial charge in [-0.05, 0) is 57.2 Å². The van der Waals surface area contributed by atoms with Crippen molar-refractivity contribution in [3.63, 3.8) is 0 Å². The van der Waals surface area contributed by atoms with Crippen molar-refractivity contribution in [1.29, 1.82) is 0 Å². The molecule has 0 radical (unpaired) electrons. The van der Waals surface area contributed by atoms with E-state index in [0.29, 0.717) is 24.7 Å². The van der Waals surface area contributed by atoms with Gasteiger partial charge in [-0.1, -0.05) is 23.4 Å². The first-order valence-electron chi connectivity index (χ1n) is 11.3. The molecule has 166 valence electrons. The van der Waals surface area contributed by atoms with Crippen molar-refractivity contribution in [2.45, 2.75) is 58.0 Å². The lowest BCUT2D eigenvalue weighted by Gasteiger charge is -2.51. The van der Waals surface area contributed by atoms with Crippen molar-refractivity contribution in [2.24, 2.45) is 0 Å². The summed E-state index contributed by atoms with van der Waals surface area (Å²) in [5.41, 5.74) is 2.77. The Bertz CT molecular complexity index is 1120. The van der Waals surface area contributed by atoms with Crippen LogP contribution in [0.1, 0.15) is 49.2 Å². The smallest absolute Gasteiger partial charge is 0.258 e. The van der Waals surface area contributed by atoms with E-state index in [1.165, 1.54) is 0 Å². The zero-order valence-electron chi connectivity index (χ0n) is 18.6. The average molecular weight is 433 g/mol. The zero-order chi connectivity index (χ0) is 22.1. The summed E-state index contributed by atoms with van der Waals surface area (Å²) in [4.78, 5) is 31.0. The van der Waals surface area contributed by atoms with Gasteiger partial charge in [0.25, 0.3) is 5.89 Å². The van der Waals surface area contributed by atoms with E-state index in [0.717, 1.165) is 61.5 Å². The van der Waals surface area contributed by atoms with E-state index in [1.54, 1.807) is 0 Å². The summed E-state index contributed by atoms with van der Waals surface area (Å²) in [6.07, 6.45) is 6.22. The number of piperidine rings is 2. The number of rotatable bonds is 4. The van der Waals surface area contributed by atoms with Gasteiger partial charge in [0.2, 0.25) is 11.9 Å². The fraction of sp³-hybridized carbons (Fsp3) is 0.458. The summed E-state index contributed by atoms with van der Waals surface area (Å²) in [7, 11) is 0. The fourth-order valence-electron chi connectivity index (χ4n) is 5.03. The standard InChI is InChI=1S/C24H28N6O2/c1-17-9-13-25-23(26-17)29-14-11-24(12-15-29)10-5-8-21(31)30(24)16-19-6-3-4-7-20(19)22-27-18(2)28-32-22/h3-4,6-7,9,13H,5,8,10-12,14-16H2,1-2H3. The Kier molecular flexibility index (Phi) is 5.36. The minimum absolute atomic E-state index is 0.131. The summed E-state index contributed by atoms with van der Waals surface area (Å²) in [6, 6.07) is 9.92. The zero-order valence-corrected chi connectivity index (χ0v) is 18.6. The third-order valence-corrected chi connectivity index (χ3v) is 6.77. The van der Waals surface area contributed by atoms with Crippen LogP contribution in [0.4, 0.5) is 5.95 Å². The van der Waals surface area contributed by atoms with Crippen molar-refractivity contribution in [3.05, 3.63) is 53.6 Å². The Balaban J connectivity index is 1.40. The molecule has 8 heteroatoms. The Labute approximate surface area is 187 Å². The van der Waals surface area contributed by atoms with Gasteiger partial charge < -0.3 is 14.3 Å². The SMILES string of the molecule is Cc1ccnc(N2CCC3(CCCC(=O)N3Cc3ccccc3-c3nc(C)no3)CC2)n1. The molecule has 8 nitrogen and oxygen atoms in total. The predicted octanol–water partition coefficient (Wildman–Crippen LogP) is 3.70. The van der Waals surface area contributed by atoms with Crippen LogP contribution in [0.25, 0.3) is 11.5 Å². The summed E-state index contributed by atoms with van der Waals surface area (Å²) >= 11 is 0. The maximum Gasteiger partial charge on any atom is 0.258 e. The molecule has 2 saturated heterocycles. The summed E-state index contributed by atoms with van der Waals surface area (Å²) in [5, 5.41) is 3.94. The van der Waals surface area contributed by atoms with Crippen LogP contribution in [0, 0.1) is 13.8 Å². The molecule has 0 atom stereocenters. The molecule has 2 aromatic heterocycles.